The molecule has 1 fully saturated rings. The monoisotopic (exact) mass is 442 g/mol. The number of carbonyl (C=O) groups excluding carboxylic acids is 2. The molecule has 0 saturated carbocycles. The van der Waals surface area contributed by atoms with Crippen LogP contribution in [0.15, 0.2) is 59.1 Å². The first-order valence-electron chi connectivity index (χ1n) is 9.24. The van der Waals surface area contributed by atoms with Gasteiger partial charge in [-0.2, -0.15) is 0 Å². The first-order valence-corrected chi connectivity index (χ1v) is 10.0. The summed E-state index contributed by atoms with van der Waals surface area (Å²) in [6, 6.07) is 15.1. The largest absolute Gasteiger partial charge is 0.495 e. The van der Waals surface area contributed by atoms with E-state index < -0.39 is 0 Å². The molecule has 0 radical (unpaired) electrons. The van der Waals surface area contributed by atoms with Gasteiger partial charge < -0.3 is 15.0 Å². The Balaban J connectivity index is 1.53. The zero-order chi connectivity index (χ0) is 19.9. The number of anilines is 1. The van der Waals surface area contributed by atoms with E-state index in [1.54, 1.807) is 18.1 Å². The van der Waals surface area contributed by atoms with Crippen molar-refractivity contribution in [1.29, 1.82) is 0 Å². The molecule has 1 heterocycles. The van der Waals surface area contributed by atoms with Crippen molar-refractivity contribution in [3.8, 4) is 5.75 Å². The lowest BCUT2D eigenvalue weighted by Crippen LogP contribution is -2.40. The van der Waals surface area contributed by atoms with Crippen LogP contribution in [0.5, 0.6) is 5.75 Å². The van der Waals surface area contributed by atoms with Gasteiger partial charge in [0.15, 0.2) is 0 Å². The van der Waals surface area contributed by atoms with Gasteiger partial charge in [-0.3, -0.25) is 9.59 Å². The Hall–Kier alpha value is -2.60. The van der Waals surface area contributed by atoms with Crippen molar-refractivity contribution < 1.29 is 14.3 Å². The number of carbonyl (C=O) groups is 2. The van der Waals surface area contributed by atoms with E-state index in [1.165, 1.54) is 0 Å². The van der Waals surface area contributed by atoms with Gasteiger partial charge in [-0.05, 0) is 42.7 Å². The molecule has 1 N–H and O–H groups in total. The Morgan fingerprint density at radius 3 is 2.50 bits per heavy atom. The number of para-hydroxylation sites is 2. The molecule has 0 aliphatic carbocycles. The summed E-state index contributed by atoms with van der Waals surface area (Å²) in [5, 5.41) is 2.94. The lowest BCUT2D eigenvalue weighted by molar-refractivity contribution is -0.130. The summed E-state index contributed by atoms with van der Waals surface area (Å²) in [6.07, 6.45) is 4.70. The first kappa shape index (κ1) is 20.1. The van der Waals surface area contributed by atoms with Crippen molar-refractivity contribution in [3.05, 3.63) is 64.6 Å². The van der Waals surface area contributed by atoms with Crippen LogP contribution in [0.3, 0.4) is 0 Å². The third-order valence-electron chi connectivity index (χ3n) is 4.85. The number of benzene rings is 2. The number of likely N-dealkylation sites (tertiary alicyclic amines) is 1. The molecule has 0 bridgehead atoms. The van der Waals surface area contributed by atoms with E-state index in [1.807, 2.05) is 54.6 Å². The third kappa shape index (κ3) is 5.01. The van der Waals surface area contributed by atoms with Crippen molar-refractivity contribution in [2.45, 2.75) is 12.8 Å². The summed E-state index contributed by atoms with van der Waals surface area (Å²) in [4.78, 5) is 26.8. The molecule has 0 unspecified atom stereocenters. The lowest BCUT2D eigenvalue weighted by atomic mass is 9.95. The number of nitrogens with one attached hydrogen (secondary N) is 1. The molecule has 3 rings (SSSR count). The second-order valence-corrected chi connectivity index (χ2v) is 7.50. The number of hydrogen-bond donors (Lipinski definition) is 1. The topological polar surface area (TPSA) is 58.6 Å². The Kier molecular flexibility index (Phi) is 6.87. The van der Waals surface area contributed by atoms with E-state index >= 15 is 0 Å². The van der Waals surface area contributed by atoms with Gasteiger partial charge in [0, 0.05) is 29.6 Å². The fourth-order valence-electron chi connectivity index (χ4n) is 3.22. The maximum Gasteiger partial charge on any atom is 0.246 e. The smallest absolute Gasteiger partial charge is 0.246 e. The van der Waals surface area contributed by atoms with Crippen LogP contribution in [0.2, 0.25) is 0 Å². The van der Waals surface area contributed by atoms with E-state index in [0.29, 0.717) is 37.4 Å². The summed E-state index contributed by atoms with van der Waals surface area (Å²) < 4.78 is 6.23. The Bertz CT molecular complexity index is 874. The normalized spacial score (nSPS) is 14.9. The molecule has 5 nitrogen and oxygen atoms in total. The predicted octanol–water partition coefficient (Wildman–Crippen LogP) is 4.35. The van der Waals surface area contributed by atoms with Crippen molar-refractivity contribution in [2.75, 3.05) is 25.5 Å². The number of ether oxygens (including phenoxy) is 1. The number of piperidine rings is 1. The zero-order valence-corrected chi connectivity index (χ0v) is 17.3. The molecule has 1 saturated heterocycles. The number of nitrogens with zero attached hydrogens (tertiary/aromatic N) is 1. The van der Waals surface area contributed by atoms with Crippen LogP contribution in [0.4, 0.5) is 5.69 Å². The van der Waals surface area contributed by atoms with Crippen molar-refractivity contribution in [1.82, 2.24) is 4.90 Å². The van der Waals surface area contributed by atoms with Crippen LogP contribution >= 0.6 is 15.9 Å². The van der Waals surface area contributed by atoms with Crippen LogP contribution in [-0.2, 0) is 9.59 Å². The van der Waals surface area contributed by atoms with E-state index in [9.17, 15) is 9.59 Å². The molecule has 1 aliphatic rings. The average molecular weight is 443 g/mol. The minimum absolute atomic E-state index is 0.0274. The van der Waals surface area contributed by atoms with Crippen LogP contribution < -0.4 is 10.1 Å². The minimum atomic E-state index is -0.110. The van der Waals surface area contributed by atoms with Crippen molar-refractivity contribution >= 4 is 39.5 Å². The highest BCUT2D eigenvalue weighted by molar-refractivity contribution is 9.10. The lowest BCUT2D eigenvalue weighted by Gasteiger charge is -2.30. The molecule has 28 heavy (non-hydrogen) atoms. The van der Waals surface area contributed by atoms with Gasteiger partial charge in [0.25, 0.3) is 0 Å². The summed E-state index contributed by atoms with van der Waals surface area (Å²) in [5.74, 6) is 0.474. The molecule has 2 aromatic carbocycles. The Morgan fingerprint density at radius 2 is 1.79 bits per heavy atom. The van der Waals surface area contributed by atoms with Gasteiger partial charge in [0.05, 0.1) is 12.8 Å². The molecular formula is C22H23BrN2O3. The van der Waals surface area contributed by atoms with Gasteiger partial charge >= 0.3 is 0 Å². The molecule has 2 aromatic rings. The van der Waals surface area contributed by atoms with Gasteiger partial charge in [-0.15, -0.1) is 0 Å². The molecule has 1 aliphatic heterocycles. The second-order valence-electron chi connectivity index (χ2n) is 6.64. The predicted molar refractivity (Wildman–Crippen MR) is 114 cm³/mol. The van der Waals surface area contributed by atoms with Gasteiger partial charge in [-0.1, -0.05) is 46.3 Å². The highest BCUT2D eigenvalue weighted by Crippen LogP contribution is 2.26. The number of hydrogen-bond acceptors (Lipinski definition) is 3. The number of halogens is 1. The standard InChI is InChI=1S/C22H23BrN2O3/c1-28-20-9-5-4-8-19(20)24-22(27)17-12-14-25(15-13-17)21(26)11-10-16-6-2-3-7-18(16)23/h2-11,17H,12-15H2,1H3,(H,24,27)/b11-10+. The highest BCUT2D eigenvalue weighted by atomic mass is 79.9. The fourth-order valence-corrected chi connectivity index (χ4v) is 3.64. The molecule has 0 aromatic heterocycles. The van der Waals surface area contributed by atoms with E-state index in [-0.39, 0.29) is 17.7 Å². The Morgan fingerprint density at radius 1 is 1.11 bits per heavy atom. The molecule has 6 heteroatoms. The van der Waals surface area contributed by atoms with Crippen molar-refractivity contribution in [3.63, 3.8) is 0 Å². The zero-order valence-electron chi connectivity index (χ0n) is 15.7. The van der Waals surface area contributed by atoms with Gasteiger partial charge in [0.2, 0.25) is 11.8 Å². The summed E-state index contributed by atoms with van der Waals surface area (Å²) in [7, 11) is 1.58. The van der Waals surface area contributed by atoms with Crippen LogP contribution in [0.25, 0.3) is 6.08 Å². The average Bonchev–Trinajstić information content (AvgIpc) is 2.73. The Labute approximate surface area is 173 Å². The molecule has 0 spiro atoms. The molecular weight excluding hydrogens is 420 g/mol. The summed E-state index contributed by atoms with van der Waals surface area (Å²) >= 11 is 3.47. The number of rotatable bonds is 5. The summed E-state index contributed by atoms with van der Waals surface area (Å²) in [6.45, 7) is 1.15. The maximum atomic E-state index is 12.6. The van der Waals surface area contributed by atoms with Crippen LogP contribution in [-0.4, -0.2) is 36.9 Å². The molecule has 146 valence electrons. The van der Waals surface area contributed by atoms with E-state index in [2.05, 4.69) is 21.2 Å². The number of amides is 2. The van der Waals surface area contributed by atoms with Gasteiger partial charge in [0.1, 0.15) is 5.75 Å². The highest BCUT2D eigenvalue weighted by Gasteiger charge is 2.27. The SMILES string of the molecule is COc1ccccc1NC(=O)C1CCN(C(=O)/C=C/c2ccccc2Br)CC1. The van der Waals surface area contributed by atoms with Gasteiger partial charge in [-0.25, -0.2) is 0 Å². The minimum Gasteiger partial charge on any atom is -0.495 e. The maximum absolute atomic E-state index is 12.6. The first-order chi connectivity index (χ1) is 13.6. The fraction of sp³-hybridized carbons (Fsp3) is 0.273. The number of methoxy groups -OCH3 is 1. The molecule has 2 amide bonds. The van der Waals surface area contributed by atoms with Crippen LogP contribution in [0, 0.1) is 5.92 Å². The summed E-state index contributed by atoms with van der Waals surface area (Å²) in [5.41, 5.74) is 1.63. The van der Waals surface area contributed by atoms with Crippen molar-refractivity contribution in [2.24, 2.45) is 5.92 Å². The second kappa shape index (κ2) is 9.55. The van der Waals surface area contributed by atoms with E-state index in [4.69, 9.17) is 4.74 Å². The molecule has 0 atom stereocenters. The van der Waals surface area contributed by atoms with Crippen LogP contribution in [0.1, 0.15) is 18.4 Å². The quantitative estimate of drug-likeness (QED) is 0.700. The third-order valence-corrected chi connectivity index (χ3v) is 5.58. The van der Waals surface area contributed by atoms with E-state index in [0.717, 1.165) is 10.0 Å².